The summed E-state index contributed by atoms with van der Waals surface area (Å²) in [5, 5.41) is 0. The zero-order valence-corrected chi connectivity index (χ0v) is 8.56. The minimum Gasteiger partial charge on any atom is -0.0991 e. The van der Waals surface area contributed by atoms with Crippen LogP contribution in [0.15, 0.2) is 36.5 Å². The number of hydrogen-bond donors (Lipinski definition) is 0. The number of rotatable bonds is 1. The second-order valence-electron chi connectivity index (χ2n) is 2.90. The van der Waals surface area contributed by atoms with Gasteiger partial charge < -0.3 is 0 Å². The van der Waals surface area contributed by atoms with Gasteiger partial charge in [-0.1, -0.05) is 51.7 Å². The van der Waals surface area contributed by atoms with Gasteiger partial charge in [-0.3, -0.25) is 0 Å². The maximum atomic E-state index is 3.99. The molecule has 0 aromatic carbocycles. The van der Waals surface area contributed by atoms with Gasteiger partial charge in [-0.15, -0.1) is 0 Å². The van der Waals surface area contributed by atoms with E-state index >= 15 is 0 Å². The van der Waals surface area contributed by atoms with E-state index in [0.29, 0.717) is 5.92 Å². The minimum absolute atomic E-state index is 0.700. The highest BCUT2D eigenvalue weighted by Crippen LogP contribution is 2.34. The Labute approximate surface area is 76.7 Å². The van der Waals surface area contributed by atoms with Gasteiger partial charge in [0, 0.05) is 0 Å². The molecule has 0 spiro atoms. The second-order valence-corrected chi connectivity index (χ2v) is 2.90. The van der Waals surface area contributed by atoms with Crippen LogP contribution in [-0.4, -0.2) is 0 Å². The monoisotopic (exact) mass is 164 g/mol. The summed E-state index contributed by atoms with van der Waals surface area (Å²) in [7, 11) is 0. The molecule has 1 atom stereocenters. The SMILES string of the molecule is C=C/C=C1\C(=C)CC[C@@H]1C.CC. The summed E-state index contributed by atoms with van der Waals surface area (Å²) in [5.74, 6) is 0.700. The van der Waals surface area contributed by atoms with Crippen LogP contribution in [0.5, 0.6) is 0 Å². The predicted molar refractivity (Wildman–Crippen MR) is 57.2 cm³/mol. The first-order valence-electron chi connectivity index (χ1n) is 4.76. The van der Waals surface area contributed by atoms with Crippen LogP contribution >= 0.6 is 0 Å². The quantitative estimate of drug-likeness (QED) is 0.547. The molecule has 0 aromatic rings. The van der Waals surface area contributed by atoms with Crippen LogP contribution in [0.2, 0.25) is 0 Å². The van der Waals surface area contributed by atoms with Gasteiger partial charge in [-0.25, -0.2) is 0 Å². The van der Waals surface area contributed by atoms with Crippen molar-refractivity contribution in [3.05, 3.63) is 36.5 Å². The zero-order valence-electron chi connectivity index (χ0n) is 8.56. The van der Waals surface area contributed by atoms with E-state index in [1.165, 1.54) is 24.0 Å². The first kappa shape index (κ1) is 11.2. The Morgan fingerprint density at radius 2 is 2.00 bits per heavy atom. The second kappa shape index (κ2) is 5.82. The lowest BCUT2D eigenvalue weighted by Gasteiger charge is -2.02. The van der Waals surface area contributed by atoms with Gasteiger partial charge in [0.05, 0.1) is 0 Å². The Balaban J connectivity index is 0.000000561. The van der Waals surface area contributed by atoms with E-state index in [9.17, 15) is 0 Å². The van der Waals surface area contributed by atoms with Crippen LogP contribution < -0.4 is 0 Å². The summed E-state index contributed by atoms with van der Waals surface area (Å²) in [6.07, 6.45) is 6.36. The molecule has 1 fully saturated rings. The smallest absolute Gasteiger partial charge is 0.0185 e. The van der Waals surface area contributed by atoms with E-state index in [0.717, 1.165) is 0 Å². The van der Waals surface area contributed by atoms with Crippen molar-refractivity contribution < 1.29 is 0 Å². The minimum atomic E-state index is 0.700. The molecule has 1 saturated carbocycles. The number of hydrogen-bond acceptors (Lipinski definition) is 0. The molecule has 0 unspecified atom stereocenters. The van der Waals surface area contributed by atoms with E-state index in [4.69, 9.17) is 0 Å². The Hall–Kier alpha value is -0.780. The van der Waals surface area contributed by atoms with Crippen LogP contribution in [0, 0.1) is 5.92 Å². The molecular formula is C12H20. The van der Waals surface area contributed by atoms with Crippen molar-refractivity contribution in [3.8, 4) is 0 Å². The van der Waals surface area contributed by atoms with Crippen LogP contribution in [0.25, 0.3) is 0 Å². The summed E-state index contributed by atoms with van der Waals surface area (Å²) in [4.78, 5) is 0. The zero-order chi connectivity index (χ0) is 9.56. The van der Waals surface area contributed by atoms with Crippen LogP contribution in [-0.2, 0) is 0 Å². The lowest BCUT2D eigenvalue weighted by atomic mass is 10.0. The highest BCUT2D eigenvalue weighted by Gasteiger charge is 2.18. The molecular weight excluding hydrogens is 144 g/mol. The third kappa shape index (κ3) is 2.69. The molecule has 0 radical (unpaired) electrons. The van der Waals surface area contributed by atoms with Crippen molar-refractivity contribution in [2.45, 2.75) is 33.6 Å². The molecule has 12 heavy (non-hydrogen) atoms. The van der Waals surface area contributed by atoms with Crippen LogP contribution in [0.3, 0.4) is 0 Å². The van der Waals surface area contributed by atoms with Gasteiger partial charge in [0.2, 0.25) is 0 Å². The Morgan fingerprint density at radius 1 is 1.42 bits per heavy atom. The van der Waals surface area contributed by atoms with E-state index < -0.39 is 0 Å². The average Bonchev–Trinajstić information content (AvgIpc) is 2.40. The molecule has 0 saturated heterocycles. The summed E-state index contributed by atoms with van der Waals surface area (Å²) >= 11 is 0. The van der Waals surface area contributed by atoms with Crippen molar-refractivity contribution in [1.29, 1.82) is 0 Å². The van der Waals surface area contributed by atoms with Gasteiger partial charge in [0.1, 0.15) is 0 Å². The normalized spacial score (nSPS) is 25.1. The van der Waals surface area contributed by atoms with E-state index in [1.807, 2.05) is 19.9 Å². The fraction of sp³-hybridized carbons (Fsp3) is 0.500. The van der Waals surface area contributed by atoms with Crippen molar-refractivity contribution in [2.75, 3.05) is 0 Å². The van der Waals surface area contributed by atoms with E-state index in [2.05, 4.69) is 26.2 Å². The largest absolute Gasteiger partial charge is 0.0991 e. The standard InChI is InChI=1S/C10H14.C2H6/c1-4-5-10-8(2)6-7-9(10)3;1-2/h4-5,9H,1-2,6-7H2,3H3;1-2H3/b10-5+;/t9-;/m0./s1. The molecule has 0 amide bonds. The summed E-state index contributed by atoms with van der Waals surface area (Å²) in [6, 6.07) is 0. The molecule has 68 valence electrons. The summed E-state index contributed by atoms with van der Waals surface area (Å²) < 4.78 is 0. The van der Waals surface area contributed by atoms with Gasteiger partial charge in [0.15, 0.2) is 0 Å². The predicted octanol–water partition coefficient (Wildman–Crippen LogP) is 4.11. The molecule has 0 nitrogen and oxygen atoms in total. The first-order chi connectivity index (χ1) is 5.75. The lowest BCUT2D eigenvalue weighted by molar-refractivity contribution is 0.697. The molecule has 0 aliphatic heterocycles. The molecule has 0 N–H and O–H groups in total. The van der Waals surface area contributed by atoms with E-state index in [1.54, 1.807) is 0 Å². The average molecular weight is 164 g/mol. The van der Waals surface area contributed by atoms with Gasteiger partial charge in [-0.05, 0) is 24.3 Å². The first-order valence-corrected chi connectivity index (χ1v) is 4.76. The molecule has 1 aliphatic rings. The molecule has 0 heteroatoms. The fourth-order valence-corrected chi connectivity index (χ4v) is 1.45. The van der Waals surface area contributed by atoms with Crippen LogP contribution in [0.4, 0.5) is 0 Å². The van der Waals surface area contributed by atoms with Crippen molar-refractivity contribution >= 4 is 0 Å². The fourth-order valence-electron chi connectivity index (χ4n) is 1.45. The Morgan fingerprint density at radius 3 is 2.33 bits per heavy atom. The molecule has 1 aliphatic carbocycles. The highest BCUT2D eigenvalue weighted by atomic mass is 14.2. The van der Waals surface area contributed by atoms with E-state index in [-0.39, 0.29) is 0 Å². The molecule has 0 heterocycles. The maximum Gasteiger partial charge on any atom is -0.0185 e. The third-order valence-corrected chi connectivity index (χ3v) is 2.12. The Kier molecular flexibility index (Phi) is 5.44. The third-order valence-electron chi connectivity index (χ3n) is 2.12. The van der Waals surface area contributed by atoms with Gasteiger partial charge >= 0.3 is 0 Å². The molecule has 0 aromatic heterocycles. The lowest BCUT2D eigenvalue weighted by Crippen LogP contribution is -1.87. The maximum absolute atomic E-state index is 3.99. The number of allylic oxidation sites excluding steroid dienone is 4. The van der Waals surface area contributed by atoms with Crippen molar-refractivity contribution in [1.82, 2.24) is 0 Å². The highest BCUT2D eigenvalue weighted by molar-refractivity contribution is 5.36. The van der Waals surface area contributed by atoms with Gasteiger partial charge in [0.25, 0.3) is 0 Å². The van der Waals surface area contributed by atoms with Crippen LogP contribution in [0.1, 0.15) is 33.6 Å². The topological polar surface area (TPSA) is 0 Å². The molecule has 0 bridgehead atoms. The van der Waals surface area contributed by atoms with Gasteiger partial charge in [-0.2, -0.15) is 0 Å². The summed E-state index contributed by atoms with van der Waals surface area (Å²) in [5.41, 5.74) is 2.70. The van der Waals surface area contributed by atoms with Crippen molar-refractivity contribution in [2.24, 2.45) is 5.92 Å². The summed E-state index contributed by atoms with van der Waals surface area (Å²) in [6.45, 7) is 13.9. The van der Waals surface area contributed by atoms with Crippen molar-refractivity contribution in [3.63, 3.8) is 0 Å². The Bertz CT molecular complexity index is 184. The molecule has 1 rings (SSSR count).